The van der Waals surface area contributed by atoms with E-state index in [2.05, 4.69) is 0 Å². The first-order valence-corrected chi connectivity index (χ1v) is 6.95. The summed E-state index contributed by atoms with van der Waals surface area (Å²) in [7, 11) is 1.54. The van der Waals surface area contributed by atoms with Gasteiger partial charge in [0, 0.05) is 12.0 Å². The Bertz CT molecular complexity index is 457. The molecule has 1 atom stereocenters. The Morgan fingerprint density at radius 1 is 1.42 bits per heavy atom. The van der Waals surface area contributed by atoms with E-state index >= 15 is 0 Å². The molecule has 0 radical (unpaired) electrons. The highest BCUT2D eigenvalue weighted by Gasteiger charge is 2.21. The monoisotopic (exact) mass is 279 g/mol. The molecule has 0 saturated heterocycles. The molecule has 0 aliphatic heterocycles. The van der Waals surface area contributed by atoms with Crippen LogP contribution in [0, 0.1) is 0 Å². The maximum Gasteiger partial charge on any atom is 0.252 e. The zero-order chi connectivity index (χ0) is 13.7. The first-order chi connectivity index (χ1) is 9.20. The second-order valence-electron chi connectivity index (χ2n) is 4.23. The van der Waals surface area contributed by atoms with Gasteiger partial charge >= 0.3 is 0 Å². The number of thiophene rings is 1. The molecule has 0 spiro atoms. The van der Waals surface area contributed by atoms with Crippen LogP contribution in [-0.4, -0.2) is 24.0 Å². The predicted molar refractivity (Wildman–Crippen MR) is 73.8 cm³/mol. The highest BCUT2D eigenvalue weighted by Crippen LogP contribution is 2.16. The fourth-order valence-corrected chi connectivity index (χ4v) is 2.47. The molecule has 1 unspecified atom stereocenters. The van der Waals surface area contributed by atoms with Gasteiger partial charge in [-0.25, -0.2) is 0 Å². The summed E-state index contributed by atoms with van der Waals surface area (Å²) in [5.74, 6) is 0.737. The Morgan fingerprint density at radius 2 is 2.26 bits per heavy atom. The van der Waals surface area contributed by atoms with E-state index in [0.29, 0.717) is 13.1 Å². The molecule has 5 heteroatoms. The second kappa shape index (κ2) is 6.54. The molecule has 2 rings (SSSR count). The Morgan fingerprint density at radius 3 is 2.84 bits per heavy atom. The molecule has 2 aromatic rings. The molecular weight excluding hydrogens is 262 g/mol. The SMILES string of the molecule is COC(C)C(=O)N(Cc1ccco1)Cc1cccs1. The third-order valence-electron chi connectivity index (χ3n) is 2.87. The van der Waals surface area contributed by atoms with E-state index in [1.54, 1.807) is 36.5 Å². The number of carbonyl (C=O) groups is 1. The van der Waals surface area contributed by atoms with Crippen LogP contribution >= 0.6 is 11.3 Å². The molecule has 0 aromatic carbocycles. The van der Waals surface area contributed by atoms with Gasteiger partial charge in [0.25, 0.3) is 5.91 Å². The maximum atomic E-state index is 12.3. The lowest BCUT2D eigenvalue weighted by molar-refractivity contribution is -0.142. The van der Waals surface area contributed by atoms with Gasteiger partial charge in [-0.15, -0.1) is 11.3 Å². The normalized spacial score (nSPS) is 12.3. The second-order valence-corrected chi connectivity index (χ2v) is 5.26. The van der Waals surface area contributed by atoms with Gasteiger partial charge < -0.3 is 14.1 Å². The number of amides is 1. The van der Waals surface area contributed by atoms with Crippen LogP contribution in [0.15, 0.2) is 40.3 Å². The van der Waals surface area contributed by atoms with Crippen molar-refractivity contribution in [2.24, 2.45) is 0 Å². The summed E-state index contributed by atoms with van der Waals surface area (Å²) in [5, 5.41) is 2.00. The van der Waals surface area contributed by atoms with E-state index in [0.717, 1.165) is 10.6 Å². The number of hydrogen-bond donors (Lipinski definition) is 0. The third kappa shape index (κ3) is 3.68. The smallest absolute Gasteiger partial charge is 0.252 e. The fourth-order valence-electron chi connectivity index (χ4n) is 1.75. The largest absolute Gasteiger partial charge is 0.467 e. The first kappa shape index (κ1) is 13.8. The number of methoxy groups -OCH3 is 1. The van der Waals surface area contributed by atoms with Crippen molar-refractivity contribution in [3.05, 3.63) is 46.5 Å². The van der Waals surface area contributed by atoms with Crippen molar-refractivity contribution in [1.82, 2.24) is 4.90 Å². The maximum absolute atomic E-state index is 12.3. The Hall–Kier alpha value is -1.59. The summed E-state index contributed by atoms with van der Waals surface area (Å²) in [6, 6.07) is 7.69. The molecule has 2 aromatic heterocycles. The fraction of sp³-hybridized carbons (Fsp3) is 0.357. The molecule has 0 fully saturated rings. The summed E-state index contributed by atoms with van der Waals surface area (Å²) >= 11 is 1.64. The molecular formula is C14H17NO3S. The average Bonchev–Trinajstić information content (AvgIpc) is 3.09. The van der Waals surface area contributed by atoms with Crippen LogP contribution in [0.2, 0.25) is 0 Å². The van der Waals surface area contributed by atoms with E-state index in [1.807, 2.05) is 29.6 Å². The molecule has 1 amide bonds. The number of nitrogens with zero attached hydrogens (tertiary/aromatic N) is 1. The first-order valence-electron chi connectivity index (χ1n) is 6.07. The van der Waals surface area contributed by atoms with E-state index in [1.165, 1.54) is 0 Å². The predicted octanol–water partition coefficient (Wildman–Crippen LogP) is 2.90. The summed E-state index contributed by atoms with van der Waals surface area (Å²) in [4.78, 5) is 15.2. The van der Waals surface area contributed by atoms with Crippen LogP contribution in [0.3, 0.4) is 0 Å². The number of rotatable bonds is 6. The van der Waals surface area contributed by atoms with Crippen molar-refractivity contribution >= 4 is 17.2 Å². The molecule has 0 bridgehead atoms. The van der Waals surface area contributed by atoms with Gasteiger partial charge in [0.2, 0.25) is 0 Å². The molecule has 0 aliphatic carbocycles. The van der Waals surface area contributed by atoms with Crippen molar-refractivity contribution in [1.29, 1.82) is 0 Å². The Balaban J connectivity index is 2.10. The Labute approximate surface area is 116 Å². The summed E-state index contributed by atoms with van der Waals surface area (Å²) in [6.07, 6.45) is 1.16. The minimum Gasteiger partial charge on any atom is -0.467 e. The van der Waals surface area contributed by atoms with Crippen molar-refractivity contribution < 1.29 is 13.9 Å². The lowest BCUT2D eigenvalue weighted by Gasteiger charge is -2.23. The lowest BCUT2D eigenvalue weighted by atomic mass is 10.3. The molecule has 102 valence electrons. The number of hydrogen-bond acceptors (Lipinski definition) is 4. The van der Waals surface area contributed by atoms with Crippen LogP contribution in [0.5, 0.6) is 0 Å². The summed E-state index contributed by atoms with van der Waals surface area (Å²) in [5.41, 5.74) is 0. The Kier molecular flexibility index (Phi) is 4.76. The van der Waals surface area contributed by atoms with Gasteiger partial charge in [0.1, 0.15) is 11.9 Å². The number of furan rings is 1. The van der Waals surface area contributed by atoms with Crippen molar-refractivity contribution in [2.45, 2.75) is 26.1 Å². The number of ether oxygens (including phenoxy) is 1. The van der Waals surface area contributed by atoms with Gasteiger partial charge in [-0.1, -0.05) is 6.07 Å². The van der Waals surface area contributed by atoms with Gasteiger partial charge in [0.15, 0.2) is 0 Å². The molecule has 0 aliphatic rings. The zero-order valence-corrected chi connectivity index (χ0v) is 11.9. The van der Waals surface area contributed by atoms with E-state index in [9.17, 15) is 4.79 Å². The van der Waals surface area contributed by atoms with E-state index < -0.39 is 6.10 Å². The zero-order valence-electron chi connectivity index (χ0n) is 11.0. The standard InChI is InChI=1S/C14H17NO3S/c1-11(17-2)14(16)15(9-12-5-3-7-18-12)10-13-6-4-8-19-13/h3-8,11H,9-10H2,1-2H3. The molecule has 0 N–H and O–H groups in total. The molecule has 2 heterocycles. The lowest BCUT2D eigenvalue weighted by Crippen LogP contribution is -2.37. The minimum absolute atomic E-state index is 0.0349. The molecule has 4 nitrogen and oxygen atoms in total. The highest BCUT2D eigenvalue weighted by molar-refractivity contribution is 7.09. The van der Waals surface area contributed by atoms with Crippen molar-refractivity contribution in [3.8, 4) is 0 Å². The van der Waals surface area contributed by atoms with E-state index in [4.69, 9.17) is 9.15 Å². The van der Waals surface area contributed by atoms with Crippen molar-refractivity contribution in [3.63, 3.8) is 0 Å². The van der Waals surface area contributed by atoms with Crippen LogP contribution in [0.25, 0.3) is 0 Å². The van der Waals surface area contributed by atoms with Crippen molar-refractivity contribution in [2.75, 3.05) is 7.11 Å². The van der Waals surface area contributed by atoms with Gasteiger partial charge in [-0.2, -0.15) is 0 Å². The minimum atomic E-state index is -0.449. The summed E-state index contributed by atoms with van der Waals surface area (Å²) in [6.45, 7) is 2.79. The quantitative estimate of drug-likeness (QED) is 0.816. The van der Waals surface area contributed by atoms with Crippen LogP contribution in [0.4, 0.5) is 0 Å². The van der Waals surface area contributed by atoms with Gasteiger partial charge in [0.05, 0.1) is 19.4 Å². The summed E-state index contributed by atoms with van der Waals surface area (Å²) < 4.78 is 10.4. The third-order valence-corrected chi connectivity index (χ3v) is 3.73. The molecule has 0 saturated carbocycles. The highest BCUT2D eigenvalue weighted by atomic mass is 32.1. The van der Waals surface area contributed by atoms with Crippen LogP contribution in [-0.2, 0) is 22.6 Å². The average molecular weight is 279 g/mol. The van der Waals surface area contributed by atoms with Crippen LogP contribution in [0.1, 0.15) is 17.6 Å². The van der Waals surface area contributed by atoms with Crippen LogP contribution < -0.4 is 0 Å². The molecule has 19 heavy (non-hydrogen) atoms. The topological polar surface area (TPSA) is 42.7 Å². The number of carbonyl (C=O) groups excluding carboxylic acids is 1. The van der Waals surface area contributed by atoms with Gasteiger partial charge in [-0.3, -0.25) is 4.79 Å². The van der Waals surface area contributed by atoms with Gasteiger partial charge in [-0.05, 0) is 30.5 Å². The van der Waals surface area contributed by atoms with E-state index in [-0.39, 0.29) is 5.91 Å².